The van der Waals surface area contributed by atoms with Crippen LogP contribution in [0.4, 0.5) is 29.3 Å². The number of carbonyl (C=O) groups excluding carboxylic acids is 2. The fourth-order valence-electron chi connectivity index (χ4n) is 3.54. The summed E-state index contributed by atoms with van der Waals surface area (Å²) >= 11 is 0. The fraction of sp³-hybridized carbons (Fsp3) is 0.227. The smallest absolute Gasteiger partial charge is 0.406 e. The number of ether oxygens (including phenoxy) is 1. The number of halogens is 3. The Morgan fingerprint density at radius 1 is 1.06 bits per heavy atom. The van der Waals surface area contributed by atoms with E-state index in [0.29, 0.717) is 0 Å². The molecule has 2 heterocycles. The lowest BCUT2D eigenvalue weighted by Gasteiger charge is -2.19. The summed E-state index contributed by atoms with van der Waals surface area (Å²) < 4.78 is 40.9. The lowest BCUT2D eigenvalue weighted by molar-refractivity contribution is -0.274. The van der Waals surface area contributed by atoms with Crippen LogP contribution in [0.2, 0.25) is 0 Å². The lowest BCUT2D eigenvalue weighted by Crippen LogP contribution is -2.32. The highest BCUT2D eigenvalue weighted by Gasteiger charge is 2.37. The molecule has 0 unspecified atom stereocenters. The average molecular weight is 444 g/mol. The van der Waals surface area contributed by atoms with Crippen LogP contribution >= 0.6 is 0 Å². The third-order valence-electron chi connectivity index (χ3n) is 5.06. The van der Waals surface area contributed by atoms with Crippen molar-refractivity contribution >= 4 is 34.2 Å². The number of rotatable bonds is 5. The van der Waals surface area contributed by atoms with Gasteiger partial charge in [0.05, 0.1) is 11.2 Å². The third kappa shape index (κ3) is 4.29. The molecule has 2 aromatic carbocycles. The van der Waals surface area contributed by atoms with Crippen molar-refractivity contribution in [1.82, 2.24) is 9.88 Å². The zero-order valence-electron chi connectivity index (χ0n) is 17.3. The Morgan fingerprint density at radius 2 is 1.78 bits per heavy atom. The lowest BCUT2D eigenvalue weighted by atomic mass is 10.1. The summed E-state index contributed by atoms with van der Waals surface area (Å²) in [5, 5.41) is 0.867. The molecule has 3 amide bonds. The minimum atomic E-state index is -4.82. The topological polar surface area (TPSA) is 66.0 Å². The molecule has 0 atom stereocenters. The number of hydrogen-bond acceptors (Lipinski definition) is 5. The number of urea groups is 1. The number of pyridine rings is 1. The summed E-state index contributed by atoms with van der Waals surface area (Å²) in [6.07, 6.45) is -3.18. The van der Waals surface area contributed by atoms with Gasteiger partial charge in [-0.3, -0.25) is 9.78 Å². The van der Waals surface area contributed by atoms with Gasteiger partial charge < -0.3 is 14.5 Å². The molecule has 1 aromatic heterocycles. The van der Waals surface area contributed by atoms with E-state index in [2.05, 4.69) is 9.72 Å². The van der Waals surface area contributed by atoms with Crippen LogP contribution in [-0.2, 0) is 11.3 Å². The van der Waals surface area contributed by atoms with Crippen LogP contribution in [0.1, 0.15) is 5.56 Å². The van der Waals surface area contributed by atoms with Crippen molar-refractivity contribution in [3.05, 3.63) is 60.3 Å². The first-order valence-electron chi connectivity index (χ1n) is 9.65. The molecule has 10 heteroatoms. The Morgan fingerprint density at radius 3 is 2.44 bits per heavy atom. The van der Waals surface area contributed by atoms with Crippen LogP contribution in [0, 0.1) is 0 Å². The highest BCUT2D eigenvalue weighted by molar-refractivity contribution is 6.19. The number of hydrogen-bond donors (Lipinski definition) is 0. The normalized spacial score (nSPS) is 14.4. The van der Waals surface area contributed by atoms with Crippen molar-refractivity contribution in [2.24, 2.45) is 0 Å². The summed E-state index contributed by atoms with van der Waals surface area (Å²) in [6.45, 7) is 0.0447. The second-order valence-corrected chi connectivity index (χ2v) is 7.48. The second-order valence-electron chi connectivity index (χ2n) is 7.48. The van der Waals surface area contributed by atoms with Crippen molar-refractivity contribution in [3.8, 4) is 5.75 Å². The first-order chi connectivity index (χ1) is 15.1. The van der Waals surface area contributed by atoms with Crippen molar-refractivity contribution in [2.45, 2.75) is 12.9 Å². The minimum Gasteiger partial charge on any atom is -0.406 e. The van der Waals surface area contributed by atoms with Gasteiger partial charge in [0, 0.05) is 37.9 Å². The van der Waals surface area contributed by atoms with Crippen LogP contribution < -0.4 is 14.5 Å². The van der Waals surface area contributed by atoms with Gasteiger partial charge in [0.1, 0.15) is 12.3 Å². The van der Waals surface area contributed by atoms with E-state index in [-0.39, 0.29) is 18.8 Å². The maximum Gasteiger partial charge on any atom is 0.573 e. The molecule has 0 bridgehead atoms. The Bertz CT molecular complexity index is 1180. The quantitative estimate of drug-likeness (QED) is 0.553. The molecule has 1 aliphatic rings. The molecule has 7 nitrogen and oxygen atoms in total. The van der Waals surface area contributed by atoms with Crippen LogP contribution in [0.15, 0.2) is 54.7 Å². The van der Waals surface area contributed by atoms with E-state index in [9.17, 15) is 22.8 Å². The molecule has 32 heavy (non-hydrogen) atoms. The number of amides is 3. The van der Waals surface area contributed by atoms with Crippen molar-refractivity contribution in [3.63, 3.8) is 0 Å². The molecular formula is C22H19F3N4O3. The van der Waals surface area contributed by atoms with E-state index in [0.717, 1.165) is 39.2 Å². The SMILES string of the molecule is CN(C)c1ccc2nccc(CN3CC(=O)N(c4ccc(OC(F)(F)F)cc4)C3=O)c2c1. The number of anilines is 2. The van der Waals surface area contributed by atoms with Crippen LogP contribution in [0.3, 0.4) is 0 Å². The van der Waals surface area contributed by atoms with E-state index in [4.69, 9.17) is 0 Å². The van der Waals surface area contributed by atoms with Crippen LogP contribution in [0.5, 0.6) is 5.75 Å². The van der Waals surface area contributed by atoms with E-state index < -0.39 is 24.1 Å². The number of nitrogens with zero attached hydrogens (tertiary/aromatic N) is 4. The standard InChI is InChI=1S/C22H19F3N4O3/c1-27(2)16-5-8-19-18(11-16)14(9-10-26-19)12-28-13-20(30)29(21(28)31)15-3-6-17(7-4-15)32-22(23,24)25/h3-11H,12-13H2,1-2H3. The van der Waals surface area contributed by atoms with Gasteiger partial charge in [-0.1, -0.05) is 0 Å². The first kappa shape index (κ1) is 21.4. The number of fused-ring (bicyclic) bond motifs is 1. The van der Waals surface area contributed by atoms with Crippen molar-refractivity contribution < 1.29 is 27.5 Å². The Balaban J connectivity index is 1.57. The molecule has 1 fully saturated rings. The van der Waals surface area contributed by atoms with Gasteiger partial charge in [0.25, 0.3) is 5.91 Å². The van der Waals surface area contributed by atoms with Crippen molar-refractivity contribution in [1.29, 1.82) is 0 Å². The number of alkyl halides is 3. The van der Waals surface area contributed by atoms with Gasteiger partial charge in [0.2, 0.25) is 0 Å². The summed E-state index contributed by atoms with van der Waals surface area (Å²) in [4.78, 5) is 34.1. The van der Waals surface area contributed by atoms with Gasteiger partial charge in [-0.2, -0.15) is 0 Å². The molecule has 166 valence electrons. The molecule has 0 radical (unpaired) electrons. The van der Waals surface area contributed by atoms with Crippen LogP contribution in [0.25, 0.3) is 10.9 Å². The molecule has 4 rings (SSSR count). The van der Waals surface area contributed by atoms with Gasteiger partial charge in [0.15, 0.2) is 0 Å². The molecular weight excluding hydrogens is 425 g/mol. The van der Waals surface area contributed by atoms with E-state index >= 15 is 0 Å². The molecule has 0 spiro atoms. The fourth-order valence-corrected chi connectivity index (χ4v) is 3.54. The third-order valence-corrected chi connectivity index (χ3v) is 5.06. The number of carbonyl (C=O) groups is 2. The molecule has 0 saturated carbocycles. The number of benzene rings is 2. The summed E-state index contributed by atoms with van der Waals surface area (Å²) in [5.74, 6) is -0.899. The van der Waals surface area contributed by atoms with E-state index in [1.807, 2.05) is 37.2 Å². The summed E-state index contributed by atoms with van der Waals surface area (Å²) in [7, 11) is 3.84. The monoisotopic (exact) mass is 444 g/mol. The summed E-state index contributed by atoms with van der Waals surface area (Å²) in [6, 6.07) is 11.7. The maximum atomic E-state index is 12.9. The highest BCUT2D eigenvalue weighted by Crippen LogP contribution is 2.29. The van der Waals surface area contributed by atoms with Crippen molar-refractivity contribution in [2.75, 3.05) is 30.4 Å². The Hall–Kier alpha value is -3.82. The Labute approximate surface area is 181 Å². The zero-order chi connectivity index (χ0) is 23.0. The average Bonchev–Trinajstić information content (AvgIpc) is 3.00. The van der Waals surface area contributed by atoms with Gasteiger partial charge in [-0.25, -0.2) is 9.69 Å². The van der Waals surface area contributed by atoms with E-state index in [1.165, 1.54) is 17.0 Å². The largest absolute Gasteiger partial charge is 0.573 e. The molecule has 1 aliphatic heterocycles. The second kappa shape index (κ2) is 8.03. The predicted octanol–water partition coefficient (Wildman–Crippen LogP) is 4.17. The minimum absolute atomic E-state index is 0.142. The van der Waals surface area contributed by atoms with Gasteiger partial charge in [-0.15, -0.1) is 13.2 Å². The maximum absolute atomic E-state index is 12.9. The van der Waals surface area contributed by atoms with Gasteiger partial charge >= 0.3 is 12.4 Å². The van der Waals surface area contributed by atoms with Crippen LogP contribution in [-0.4, -0.2) is 48.8 Å². The molecule has 1 saturated heterocycles. The Kier molecular flexibility index (Phi) is 5.37. The molecule has 3 aromatic rings. The number of imide groups is 1. The number of aromatic nitrogens is 1. The van der Waals surface area contributed by atoms with E-state index in [1.54, 1.807) is 12.3 Å². The highest BCUT2D eigenvalue weighted by atomic mass is 19.4. The zero-order valence-corrected chi connectivity index (χ0v) is 17.3. The molecule has 0 N–H and O–H groups in total. The summed E-state index contributed by atoms with van der Waals surface area (Å²) in [5.41, 5.74) is 2.74. The molecule has 0 aliphatic carbocycles. The first-order valence-corrected chi connectivity index (χ1v) is 9.65. The predicted molar refractivity (Wildman–Crippen MR) is 112 cm³/mol. The van der Waals surface area contributed by atoms with Gasteiger partial charge in [-0.05, 0) is 54.1 Å².